The van der Waals surface area contributed by atoms with Crippen molar-refractivity contribution in [2.24, 2.45) is 0 Å². The fraction of sp³-hybridized carbons (Fsp3) is 0. The summed E-state index contributed by atoms with van der Waals surface area (Å²) in [4.78, 5) is 9.88. The van der Waals surface area contributed by atoms with Crippen LogP contribution in [0.4, 0.5) is 0 Å². The lowest BCUT2D eigenvalue weighted by atomic mass is 10.1. The normalized spacial score (nSPS) is 12.1. The summed E-state index contributed by atoms with van der Waals surface area (Å²) in [6.07, 6.45) is 1.87. The molecule has 0 fully saturated rings. The number of rotatable bonds is 1. The summed E-state index contributed by atoms with van der Waals surface area (Å²) in [5.41, 5.74) is 8.70. The van der Waals surface area contributed by atoms with Crippen molar-refractivity contribution in [2.75, 3.05) is 0 Å². The second-order valence-corrected chi connectivity index (χ2v) is 8.70. The maximum atomic E-state index is 5.06. The van der Waals surface area contributed by atoms with Crippen LogP contribution in [0.2, 0.25) is 0 Å². The van der Waals surface area contributed by atoms with Gasteiger partial charge in [0.1, 0.15) is 5.65 Å². The highest BCUT2D eigenvalue weighted by molar-refractivity contribution is 6.26. The molecule has 8 aromatic rings. The molecule has 0 amide bonds. The monoisotopic (exact) mass is 434 g/mol. The number of hydrogen-bond acceptors (Lipinski definition) is 2. The van der Waals surface area contributed by atoms with Gasteiger partial charge in [0.25, 0.3) is 0 Å². The molecule has 0 unspecified atom stereocenters. The summed E-state index contributed by atoms with van der Waals surface area (Å²) < 4.78 is 4.69. The van der Waals surface area contributed by atoms with E-state index in [0.29, 0.717) is 0 Å². The minimum atomic E-state index is 0.945. The number of fused-ring (bicyclic) bond motifs is 12. The van der Waals surface area contributed by atoms with Crippen LogP contribution >= 0.6 is 0 Å². The number of pyridine rings is 2. The number of benzene rings is 4. The first-order valence-corrected chi connectivity index (χ1v) is 11.5. The topological polar surface area (TPSA) is 35.1 Å². The zero-order valence-electron chi connectivity index (χ0n) is 18.2. The van der Waals surface area contributed by atoms with Gasteiger partial charge in [0.05, 0.1) is 33.1 Å². The maximum Gasteiger partial charge on any atom is 0.147 e. The van der Waals surface area contributed by atoms with E-state index in [9.17, 15) is 0 Å². The molecule has 0 aliphatic rings. The molecule has 0 N–H and O–H groups in total. The molecule has 0 bridgehead atoms. The highest BCUT2D eigenvalue weighted by Crippen LogP contribution is 2.40. The fourth-order valence-electron chi connectivity index (χ4n) is 5.55. The summed E-state index contributed by atoms with van der Waals surface area (Å²) in [5.74, 6) is 0. The number of nitrogens with zero attached hydrogens (tertiary/aromatic N) is 4. The molecule has 8 rings (SSSR count). The van der Waals surface area contributed by atoms with E-state index in [1.54, 1.807) is 0 Å². The van der Waals surface area contributed by atoms with Gasteiger partial charge in [0, 0.05) is 33.4 Å². The first kappa shape index (κ1) is 17.8. The Kier molecular flexibility index (Phi) is 3.36. The van der Waals surface area contributed by atoms with Crippen molar-refractivity contribution in [2.45, 2.75) is 0 Å². The molecule has 4 aromatic carbocycles. The third-order valence-electron chi connectivity index (χ3n) is 6.91. The Morgan fingerprint density at radius 2 is 1.32 bits per heavy atom. The van der Waals surface area contributed by atoms with Crippen molar-refractivity contribution < 1.29 is 0 Å². The number of imidazole rings is 1. The summed E-state index contributed by atoms with van der Waals surface area (Å²) in [6, 6.07) is 36.2. The smallest absolute Gasteiger partial charge is 0.147 e. The molecule has 0 radical (unpaired) electrons. The maximum absolute atomic E-state index is 5.06. The Bertz CT molecular complexity index is 2060. The summed E-state index contributed by atoms with van der Waals surface area (Å²) in [5, 5.41) is 4.64. The van der Waals surface area contributed by atoms with E-state index in [1.807, 2.05) is 18.3 Å². The molecule has 4 aromatic heterocycles. The summed E-state index contributed by atoms with van der Waals surface area (Å²) in [6.45, 7) is 0. The van der Waals surface area contributed by atoms with E-state index in [1.165, 1.54) is 21.8 Å². The van der Waals surface area contributed by atoms with Gasteiger partial charge in [0.15, 0.2) is 0 Å². The third-order valence-corrected chi connectivity index (χ3v) is 6.91. The second-order valence-electron chi connectivity index (χ2n) is 8.70. The molecule has 4 nitrogen and oxygen atoms in total. The Morgan fingerprint density at radius 3 is 2.24 bits per heavy atom. The summed E-state index contributed by atoms with van der Waals surface area (Å²) >= 11 is 0. The number of para-hydroxylation sites is 4. The highest BCUT2D eigenvalue weighted by Gasteiger charge is 2.20. The van der Waals surface area contributed by atoms with E-state index < -0.39 is 0 Å². The fourth-order valence-corrected chi connectivity index (χ4v) is 5.55. The van der Waals surface area contributed by atoms with Gasteiger partial charge < -0.3 is 4.57 Å². The lowest BCUT2D eigenvalue weighted by Crippen LogP contribution is -1.95. The van der Waals surface area contributed by atoms with Gasteiger partial charge in [-0.15, -0.1) is 0 Å². The average Bonchev–Trinajstić information content (AvgIpc) is 3.46. The lowest BCUT2D eigenvalue weighted by Gasteiger charge is -2.11. The first-order valence-electron chi connectivity index (χ1n) is 11.5. The van der Waals surface area contributed by atoms with Crippen LogP contribution < -0.4 is 0 Å². The van der Waals surface area contributed by atoms with Crippen LogP contribution in [0.25, 0.3) is 66.0 Å². The minimum Gasteiger partial charge on any atom is -0.309 e. The molecule has 0 saturated heterocycles. The van der Waals surface area contributed by atoms with Gasteiger partial charge in [-0.2, -0.15) is 0 Å². The molecule has 4 heteroatoms. The Balaban J connectivity index is 1.74. The molecule has 0 saturated carbocycles. The van der Waals surface area contributed by atoms with E-state index in [0.717, 1.165) is 44.2 Å². The SMILES string of the molecule is c1ccc(-n2c3ccccc3c3c2ccc2c4ncccc4c4nc5ccccc5n4c23)cc1. The lowest BCUT2D eigenvalue weighted by molar-refractivity contribution is 1.18. The van der Waals surface area contributed by atoms with Crippen LogP contribution in [-0.2, 0) is 0 Å². The number of aromatic nitrogens is 4. The molecule has 0 atom stereocenters. The molecule has 34 heavy (non-hydrogen) atoms. The Morgan fingerprint density at radius 1 is 0.559 bits per heavy atom. The van der Waals surface area contributed by atoms with E-state index >= 15 is 0 Å². The molecular formula is C30H18N4. The standard InChI is InChI=1S/C30H18N4/c1-2-9-19(10-3-1)33-24-14-6-4-11-20(24)27-26(33)17-16-21-28-22(12-8-18-31-28)30-32-23-13-5-7-15-25(23)34(30)29(21)27/h1-18H. The van der Waals surface area contributed by atoms with Crippen LogP contribution in [0.5, 0.6) is 0 Å². The van der Waals surface area contributed by atoms with Gasteiger partial charge >= 0.3 is 0 Å². The average molecular weight is 435 g/mol. The van der Waals surface area contributed by atoms with E-state index in [2.05, 4.69) is 100.0 Å². The second kappa shape index (κ2) is 6.42. The van der Waals surface area contributed by atoms with Gasteiger partial charge in [-0.3, -0.25) is 9.38 Å². The van der Waals surface area contributed by atoms with Crippen LogP contribution in [0.1, 0.15) is 0 Å². The minimum absolute atomic E-state index is 0.945. The predicted molar refractivity (Wildman–Crippen MR) is 140 cm³/mol. The molecule has 4 heterocycles. The van der Waals surface area contributed by atoms with Gasteiger partial charge in [-0.05, 0) is 54.6 Å². The number of hydrogen-bond donors (Lipinski definition) is 0. The first-order chi connectivity index (χ1) is 16.9. The van der Waals surface area contributed by atoms with Gasteiger partial charge in [0.2, 0.25) is 0 Å². The Labute approximate surface area is 194 Å². The third kappa shape index (κ3) is 2.17. The van der Waals surface area contributed by atoms with Crippen LogP contribution in [0, 0.1) is 0 Å². The zero-order valence-corrected chi connectivity index (χ0v) is 18.2. The van der Waals surface area contributed by atoms with Crippen molar-refractivity contribution in [1.82, 2.24) is 18.9 Å². The van der Waals surface area contributed by atoms with Crippen molar-refractivity contribution >= 4 is 60.3 Å². The molecule has 0 aliphatic carbocycles. The van der Waals surface area contributed by atoms with E-state index in [-0.39, 0.29) is 0 Å². The molecule has 0 spiro atoms. The van der Waals surface area contributed by atoms with Gasteiger partial charge in [-0.25, -0.2) is 4.98 Å². The zero-order chi connectivity index (χ0) is 22.2. The summed E-state index contributed by atoms with van der Waals surface area (Å²) in [7, 11) is 0. The quantitative estimate of drug-likeness (QED) is 0.254. The molecule has 0 aliphatic heterocycles. The van der Waals surface area contributed by atoms with Crippen molar-refractivity contribution in [3.05, 3.63) is 109 Å². The largest absolute Gasteiger partial charge is 0.309 e. The molecular weight excluding hydrogens is 416 g/mol. The van der Waals surface area contributed by atoms with Crippen LogP contribution in [0.15, 0.2) is 109 Å². The Hall–Kier alpha value is -4.70. The molecule has 158 valence electrons. The van der Waals surface area contributed by atoms with Crippen LogP contribution in [0.3, 0.4) is 0 Å². The van der Waals surface area contributed by atoms with Crippen molar-refractivity contribution in [3.8, 4) is 5.69 Å². The van der Waals surface area contributed by atoms with Crippen LogP contribution in [-0.4, -0.2) is 18.9 Å². The van der Waals surface area contributed by atoms with Gasteiger partial charge in [-0.1, -0.05) is 48.5 Å². The van der Waals surface area contributed by atoms with Crippen molar-refractivity contribution in [1.29, 1.82) is 0 Å². The van der Waals surface area contributed by atoms with Crippen molar-refractivity contribution in [3.63, 3.8) is 0 Å². The van der Waals surface area contributed by atoms with E-state index in [4.69, 9.17) is 9.97 Å². The highest BCUT2D eigenvalue weighted by atomic mass is 15.0. The predicted octanol–water partition coefficient (Wildman–Crippen LogP) is 7.29.